The van der Waals surface area contributed by atoms with E-state index in [0.29, 0.717) is 0 Å². The Labute approximate surface area is 91.6 Å². The van der Waals surface area contributed by atoms with Crippen LogP contribution in [0.4, 0.5) is 0 Å². The Morgan fingerprint density at radius 2 is 1.87 bits per heavy atom. The van der Waals surface area contributed by atoms with E-state index < -0.39 is 27.5 Å². The maximum atomic E-state index is 10.7. The number of aliphatic hydroxyl groups is 1. The maximum absolute atomic E-state index is 10.7. The molecule has 92 valence electrons. The van der Waals surface area contributed by atoms with Crippen molar-refractivity contribution in [1.82, 2.24) is 5.32 Å². The molecule has 0 radical (unpaired) electrons. The lowest BCUT2D eigenvalue weighted by molar-refractivity contribution is 0.0254. The highest BCUT2D eigenvalue weighted by atomic mass is 32.2. The van der Waals surface area contributed by atoms with Gasteiger partial charge in [-0.15, -0.1) is 0 Å². The van der Waals surface area contributed by atoms with Crippen molar-refractivity contribution in [2.45, 2.75) is 46.4 Å². The zero-order valence-corrected chi connectivity index (χ0v) is 10.5. The quantitative estimate of drug-likeness (QED) is 0.467. The summed E-state index contributed by atoms with van der Waals surface area (Å²) in [5.74, 6) is -0.468. The minimum absolute atomic E-state index is 0.0978. The van der Waals surface area contributed by atoms with Gasteiger partial charge in [-0.25, -0.2) is 0 Å². The van der Waals surface area contributed by atoms with Crippen molar-refractivity contribution in [3.63, 3.8) is 0 Å². The minimum atomic E-state index is -4.07. The van der Waals surface area contributed by atoms with E-state index in [1.807, 2.05) is 13.8 Å². The zero-order valence-electron chi connectivity index (χ0n) is 9.69. The first-order valence-corrected chi connectivity index (χ1v) is 6.58. The molecular weight excluding hydrogens is 218 g/mol. The van der Waals surface area contributed by atoms with Crippen molar-refractivity contribution >= 4 is 10.1 Å². The summed E-state index contributed by atoms with van der Waals surface area (Å²) in [5.41, 5.74) is -0.920. The molecule has 6 heteroatoms. The van der Waals surface area contributed by atoms with Crippen LogP contribution in [-0.4, -0.2) is 36.1 Å². The number of rotatable bonds is 6. The lowest BCUT2D eigenvalue weighted by Crippen LogP contribution is -2.48. The van der Waals surface area contributed by atoms with Gasteiger partial charge in [-0.05, 0) is 13.3 Å². The molecule has 0 aliphatic rings. The fourth-order valence-electron chi connectivity index (χ4n) is 1.16. The molecule has 0 saturated heterocycles. The fraction of sp³-hybridized carbons (Fsp3) is 1.00. The average molecular weight is 239 g/mol. The summed E-state index contributed by atoms with van der Waals surface area (Å²) in [6, 6.07) is 0.0978. The summed E-state index contributed by atoms with van der Waals surface area (Å²) in [5, 5.41) is 12.6. The third-order valence-corrected chi connectivity index (χ3v) is 3.46. The number of hydrogen-bond donors (Lipinski definition) is 3. The highest BCUT2D eigenvalue weighted by molar-refractivity contribution is 7.85. The Morgan fingerprint density at radius 1 is 1.40 bits per heavy atom. The standard InChI is InChI=1S/C9H21NO4S/c1-5-7(2)10-8(11)9(3,4)6-15(12,13)14/h7-8,10-11H,5-6H2,1-4H3,(H,12,13,14). The van der Waals surface area contributed by atoms with Crippen LogP contribution in [0.2, 0.25) is 0 Å². The van der Waals surface area contributed by atoms with E-state index in [0.717, 1.165) is 6.42 Å². The van der Waals surface area contributed by atoms with Gasteiger partial charge < -0.3 is 5.11 Å². The van der Waals surface area contributed by atoms with E-state index >= 15 is 0 Å². The molecule has 5 nitrogen and oxygen atoms in total. The van der Waals surface area contributed by atoms with Crippen molar-refractivity contribution in [1.29, 1.82) is 0 Å². The van der Waals surface area contributed by atoms with Gasteiger partial charge in [0.05, 0.1) is 5.75 Å². The van der Waals surface area contributed by atoms with Gasteiger partial charge in [-0.3, -0.25) is 9.87 Å². The van der Waals surface area contributed by atoms with Gasteiger partial charge in [0.15, 0.2) is 0 Å². The molecule has 0 aromatic rings. The SMILES string of the molecule is CCC(C)NC(O)C(C)(C)CS(=O)(=O)O. The predicted molar refractivity (Wildman–Crippen MR) is 59.1 cm³/mol. The van der Waals surface area contributed by atoms with E-state index in [1.54, 1.807) is 13.8 Å². The van der Waals surface area contributed by atoms with Crippen LogP contribution in [0, 0.1) is 5.41 Å². The summed E-state index contributed by atoms with van der Waals surface area (Å²) in [4.78, 5) is 0. The topological polar surface area (TPSA) is 86.6 Å². The number of aliphatic hydroxyl groups excluding tert-OH is 1. The van der Waals surface area contributed by atoms with Crippen LogP contribution < -0.4 is 5.32 Å². The molecule has 2 unspecified atom stereocenters. The van der Waals surface area contributed by atoms with E-state index in [1.165, 1.54) is 0 Å². The zero-order chi connectivity index (χ0) is 12.3. The van der Waals surface area contributed by atoms with Gasteiger partial charge >= 0.3 is 0 Å². The van der Waals surface area contributed by atoms with Crippen molar-refractivity contribution in [2.75, 3.05) is 5.75 Å². The second kappa shape index (κ2) is 5.25. The molecule has 0 rings (SSSR count). The van der Waals surface area contributed by atoms with Gasteiger partial charge in [0.2, 0.25) is 0 Å². The van der Waals surface area contributed by atoms with Crippen LogP contribution in [0.5, 0.6) is 0 Å². The fourth-order valence-corrected chi connectivity index (χ4v) is 2.26. The van der Waals surface area contributed by atoms with Crippen molar-refractivity contribution in [3.05, 3.63) is 0 Å². The van der Waals surface area contributed by atoms with Crippen LogP contribution in [0.3, 0.4) is 0 Å². The molecule has 3 N–H and O–H groups in total. The van der Waals surface area contributed by atoms with Gasteiger partial charge in [-0.2, -0.15) is 8.42 Å². The first kappa shape index (κ1) is 14.8. The van der Waals surface area contributed by atoms with Gasteiger partial charge in [0.25, 0.3) is 10.1 Å². The van der Waals surface area contributed by atoms with E-state index in [4.69, 9.17) is 4.55 Å². The largest absolute Gasteiger partial charge is 0.378 e. The molecule has 0 aromatic carbocycles. The Bertz CT molecular complexity index is 286. The average Bonchev–Trinajstić information content (AvgIpc) is 1.99. The molecule has 0 amide bonds. The summed E-state index contributed by atoms with van der Waals surface area (Å²) < 4.78 is 30.2. The molecule has 15 heavy (non-hydrogen) atoms. The molecule has 0 spiro atoms. The minimum Gasteiger partial charge on any atom is -0.378 e. The molecule has 0 saturated carbocycles. The molecule has 2 atom stereocenters. The van der Waals surface area contributed by atoms with Crippen LogP contribution in [0.1, 0.15) is 34.1 Å². The van der Waals surface area contributed by atoms with Gasteiger partial charge in [0.1, 0.15) is 6.23 Å². The lowest BCUT2D eigenvalue weighted by atomic mass is 9.93. The van der Waals surface area contributed by atoms with Crippen LogP contribution in [0.15, 0.2) is 0 Å². The predicted octanol–water partition coefficient (Wildman–Crippen LogP) is 0.607. The molecule has 0 heterocycles. The molecular formula is C9H21NO4S. The third kappa shape index (κ3) is 6.09. The third-order valence-electron chi connectivity index (χ3n) is 2.35. The molecule has 0 fully saturated rings. The van der Waals surface area contributed by atoms with Gasteiger partial charge in [-0.1, -0.05) is 20.8 Å². The van der Waals surface area contributed by atoms with E-state index in [2.05, 4.69) is 5.32 Å². The van der Waals surface area contributed by atoms with Crippen LogP contribution >= 0.6 is 0 Å². The van der Waals surface area contributed by atoms with E-state index in [-0.39, 0.29) is 6.04 Å². The molecule has 0 aromatic heterocycles. The maximum Gasteiger partial charge on any atom is 0.265 e. The van der Waals surface area contributed by atoms with E-state index in [9.17, 15) is 13.5 Å². The second-order valence-corrected chi connectivity index (χ2v) is 6.05. The lowest BCUT2D eigenvalue weighted by Gasteiger charge is -2.31. The molecule has 0 aliphatic carbocycles. The summed E-state index contributed by atoms with van der Waals surface area (Å²) in [6.07, 6.45) is -0.131. The smallest absolute Gasteiger partial charge is 0.265 e. The van der Waals surface area contributed by atoms with Crippen molar-refractivity contribution in [3.8, 4) is 0 Å². The summed E-state index contributed by atoms with van der Waals surface area (Å²) >= 11 is 0. The first-order valence-electron chi connectivity index (χ1n) is 4.98. The first-order chi connectivity index (χ1) is 6.58. The number of hydrogen-bond acceptors (Lipinski definition) is 4. The van der Waals surface area contributed by atoms with Crippen LogP contribution in [0.25, 0.3) is 0 Å². The van der Waals surface area contributed by atoms with Crippen molar-refractivity contribution in [2.24, 2.45) is 5.41 Å². The van der Waals surface area contributed by atoms with Crippen LogP contribution in [-0.2, 0) is 10.1 Å². The monoisotopic (exact) mass is 239 g/mol. The Kier molecular flexibility index (Phi) is 5.19. The summed E-state index contributed by atoms with van der Waals surface area (Å²) in [6.45, 7) is 7.02. The Morgan fingerprint density at radius 3 is 2.20 bits per heavy atom. The molecule has 0 bridgehead atoms. The highest BCUT2D eigenvalue weighted by Crippen LogP contribution is 2.21. The summed E-state index contributed by atoms with van der Waals surface area (Å²) in [7, 11) is -4.07. The Balaban J connectivity index is 4.45. The second-order valence-electron chi connectivity index (χ2n) is 4.59. The molecule has 0 aliphatic heterocycles. The Hall–Kier alpha value is -0.170. The van der Waals surface area contributed by atoms with Gasteiger partial charge in [0, 0.05) is 11.5 Å². The normalized spacial score (nSPS) is 17.5. The van der Waals surface area contributed by atoms with Crippen molar-refractivity contribution < 1.29 is 18.1 Å². The highest BCUT2D eigenvalue weighted by Gasteiger charge is 2.33. The number of nitrogens with one attached hydrogen (secondary N) is 1.